The third kappa shape index (κ3) is 6.96. The van der Waals surface area contributed by atoms with Crippen LogP contribution in [0.2, 0.25) is 0 Å². The number of nitrogens with zero attached hydrogens (tertiary/aromatic N) is 3. The molecular formula is C23H25N5O5. The van der Waals surface area contributed by atoms with Crippen LogP contribution in [0.1, 0.15) is 33.1 Å². The van der Waals surface area contributed by atoms with Crippen molar-refractivity contribution in [1.82, 2.24) is 4.98 Å². The van der Waals surface area contributed by atoms with E-state index in [2.05, 4.69) is 20.8 Å². The number of aromatic nitrogens is 1. The van der Waals surface area contributed by atoms with Crippen molar-refractivity contribution in [3.05, 3.63) is 76.5 Å². The van der Waals surface area contributed by atoms with Gasteiger partial charge in [0.15, 0.2) is 5.71 Å². The fraction of sp³-hybridized carbons (Fsp3) is 0.304. The highest BCUT2D eigenvalue weighted by molar-refractivity contribution is 6.47. The van der Waals surface area contributed by atoms with Gasteiger partial charge >= 0.3 is 6.09 Å². The molecule has 1 aromatic heterocycles. The van der Waals surface area contributed by atoms with Gasteiger partial charge in [-0.15, -0.1) is 0 Å². The standard InChI is InChI=1S/C23H25N5O5/c1-23(2)12-11-19(28(31)32)16(15-23)14-18(21(29)26-20-10-6-7-13-24-20)27-33-22(30)25-17-8-4-3-5-9-17/h3-10,13-14,19H,11-12,15H2,1-2H3,(H,25,30)(H,24,26,29)/b16-14+,27-18+. The third-order valence-electron chi connectivity index (χ3n) is 5.17. The minimum Gasteiger partial charge on any atom is -0.305 e. The summed E-state index contributed by atoms with van der Waals surface area (Å²) in [5, 5.41) is 20.4. The maximum absolute atomic E-state index is 12.9. The van der Waals surface area contributed by atoms with Crippen molar-refractivity contribution in [3.63, 3.8) is 0 Å². The van der Waals surface area contributed by atoms with E-state index in [4.69, 9.17) is 4.84 Å². The van der Waals surface area contributed by atoms with E-state index < -0.39 is 18.0 Å². The van der Waals surface area contributed by atoms with Crippen molar-refractivity contribution in [3.8, 4) is 0 Å². The van der Waals surface area contributed by atoms with Gasteiger partial charge < -0.3 is 5.32 Å². The smallest absolute Gasteiger partial charge is 0.305 e. The Kier molecular flexibility index (Phi) is 7.50. The van der Waals surface area contributed by atoms with Gasteiger partial charge in [-0.2, -0.15) is 0 Å². The average Bonchev–Trinajstić information content (AvgIpc) is 2.77. The molecule has 0 bridgehead atoms. The molecule has 0 saturated heterocycles. The third-order valence-corrected chi connectivity index (χ3v) is 5.17. The Balaban J connectivity index is 1.87. The first-order valence-electron chi connectivity index (χ1n) is 10.4. The second-order valence-electron chi connectivity index (χ2n) is 8.42. The van der Waals surface area contributed by atoms with Gasteiger partial charge in [-0.3, -0.25) is 25.1 Å². The van der Waals surface area contributed by atoms with Crippen molar-refractivity contribution in [1.29, 1.82) is 0 Å². The molecule has 0 radical (unpaired) electrons. The largest absolute Gasteiger partial charge is 0.437 e. The molecule has 1 heterocycles. The molecule has 1 fully saturated rings. The maximum Gasteiger partial charge on any atom is 0.437 e. The lowest BCUT2D eigenvalue weighted by Crippen LogP contribution is -2.34. The molecule has 1 saturated carbocycles. The number of para-hydroxylation sites is 1. The van der Waals surface area contributed by atoms with Gasteiger partial charge in [-0.1, -0.05) is 43.3 Å². The normalized spacial score (nSPS) is 18.9. The van der Waals surface area contributed by atoms with Crippen LogP contribution >= 0.6 is 0 Å². The van der Waals surface area contributed by atoms with E-state index in [-0.39, 0.29) is 21.9 Å². The summed E-state index contributed by atoms with van der Waals surface area (Å²) in [6.45, 7) is 4.01. The van der Waals surface area contributed by atoms with Crippen LogP contribution < -0.4 is 10.6 Å². The zero-order valence-electron chi connectivity index (χ0n) is 18.4. The number of carbonyl (C=O) groups excluding carboxylic acids is 2. The van der Waals surface area contributed by atoms with Gasteiger partial charge in [0.25, 0.3) is 5.91 Å². The Morgan fingerprint density at radius 3 is 2.58 bits per heavy atom. The quantitative estimate of drug-likeness (QED) is 0.289. The highest BCUT2D eigenvalue weighted by Gasteiger charge is 2.37. The fourth-order valence-electron chi connectivity index (χ4n) is 3.54. The van der Waals surface area contributed by atoms with Gasteiger partial charge in [0.1, 0.15) is 5.82 Å². The first-order chi connectivity index (χ1) is 15.7. The average molecular weight is 451 g/mol. The molecule has 2 amide bonds. The Morgan fingerprint density at radius 2 is 1.91 bits per heavy atom. The molecule has 1 unspecified atom stereocenters. The number of hydrogen-bond acceptors (Lipinski definition) is 7. The number of pyridine rings is 1. The zero-order valence-corrected chi connectivity index (χ0v) is 18.4. The summed E-state index contributed by atoms with van der Waals surface area (Å²) < 4.78 is 0. The summed E-state index contributed by atoms with van der Waals surface area (Å²) in [6.07, 6.45) is 3.36. The molecule has 1 aromatic carbocycles. The lowest BCUT2D eigenvalue weighted by atomic mass is 9.72. The number of benzene rings is 1. The van der Waals surface area contributed by atoms with Crippen LogP contribution in [0.15, 0.2) is 71.5 Å². The van der Waals surface area contributed by atoms with E-state index >= 15 is 0 Å². The van der Waals surface area contributed by atoms with Gasteiger partial charge in [-0.25, -0.2) is 9.78 Å². The molecule has 1 atom stereocenters. The Labute approximate surface area is 190 Å². The zero-order chi connectivity index (χ0) is 23.8. The lowest BCUT2D eigenvalue weighted by Gasteiger charge is -2.32. The summed E-state index contributed by atoms with van der Waals surface area (Å²) in [7, 11) is 0. The first-order valence-corrected chi connectivity index (χ1v) is 10.4. The van der Waals surface area contributed by atoms with E-state index in [1.165, 1.54) is 12.3 Å². The van der Waals surface area contributed by atoms with Gasteiger partial charge in [-0.05, 0) is 48.6 Å². The van der Waals surface area contributed by atoms with Crippen molar-refractivity contribution < 1.29 is 19.3 Å². The number of nitrogens with one attached hydrogen (secondary N) is 2. The van der Waals surface area contributed by atoms with Crippen molar-refractivity contribution in [2.75, 3.05) is 10.6 Å². The maximum atomic E-state index is 12.9. The molecule has 2 aromatic rings. The number of amides is 2. The molecular weight excluding hydrogens is 426 g/mol. The second-order valence-corrected chi connectivity index (χ2v) is 8.42. The molecule has 2 N–H and O–H groups in total. The van der Waals surface area contributed by atoms with E-state index in [0.29, 0.717) is 30.5 Å². The molecule has 1 aliphatic carbocycles. The molecule has 10 heteroatoms. The number of carbonyl (C=O) groups is 2. The molecule has 3 rings (SSSR count). The Hall–Kier alpha value is -4.08. The molecule has 172 valence electrons. The van der Waals surface area contributed by atoms with Crippen LogP contribution in [-0.4, -0.2) is 33.7 Å². The van der Waals surface area contributed by atoms with E-state index in [1.807, 2.05) is 13.8 Å². The molecule has 1 aliphatic rings. The summed E-state index contributed by atoms with van der Waals surface area (Å²) in [5.74, 6) is -0.448. The number of rotatable bonds is 6. The number of oxime groups is 1. The van der Waals surface area contributed by atoms with Gasteiger partial charge in [0, 0.05) is 28.8 Å². The highest BCUT2D eigenvalue weighted by atomic mass is 16.7. The summed E-state index contributed by atoms with van der Waals surface area (Å²) in [6, 6.07) is 12.6. The number of nitro groups is 1. The lowest BCUT2D eigenvalue weighted by molar-refractivity contribution is -0.515. The SMILES string of the molecule is CC1(C)CCC([N+](=O)[O-])/C(=C/C(=N\OC(=O)Nc2ccccc2)C(=O)Nc2ccccn2)C1. The van der Waals surface area contributed by atoms with Crippen molar-refractivity contribution >= 4 is 29.2 Å². The van der Waals surface area contributed by atoms with Crippen molar-refractivity contribution in [2.24, 2.45) is 10.6 Å². The van der Waals surface area contributed by atoms with E-state index in [9.17, 15) is 19.7 Å². The van der Waals surface area contributed by atoms with Gasteiger partial charge in [0.05, 0.1) is 0 Å². The summed E-state index contributed by atoms with van der Waals surface area (Å²) >= 11 is 0. The number of hydrogen-bond donors (Lipinski definition) is 2. The van der Waals surface area contributed by atoms with Crippen molar-refractivity contribution in [2.45, 2.75) is 39.2 Å². The predicted molar refractivity (Wildman–Crippen MR) is 123 cm³/mol. The molecule has 33 heavy (non-hydrogen) atoms. The minimum absolute atomic E-state index is 0.174. The van der Waals surface area contributed by atoms with E-state index in [1.54, 1.807) is 48.5 Å². The van der Waals surface area contributed by atoms with Gasteiger partial charge in [0.2, 0.25) is 6.04 Å². The van der Waals surface area contributed by atoms with Crippen LogP contribution in [0, 0.1) is 15.5 Å². The predicted octanol–water partition coefficient (Wildman–Crippen LogP) is 4.41. The van der Waals surface area contributed by atoms with Crippen LogP contribution in [-0.2, 0) is 9.63 Å². The highest BCUT2D eigenvalue weighted by Crippen LogP contribution is 2.39. The summed E-state index contributed by atoms with van der Waals surface area (Å²) in [5.41, 5.74) is 0.478. The number of anilines is 2. The van der Waals surface area contributed by atoms with Crippen LogP contribution in [0.5, 0.6) is 0 Å². The van der Waals surface area contributed by atoms with Crippen LogP contribution in [0.3, 0.4) is 0 Å². The Bertz CT molecular complexity index is 1070. The second kappa shape index (κ2) is 10.5. The molecule has 0 spiro atoms. The molecule has 0 aliphatic heterocycles. The molecule has 10 nitrogen and oxygen atoms in total. The fourth-order valence-corrected chi connectivity index (χ4v) is 3.54. The topological polar surface area (TPSA) is 136 Å². The monoisotopic (exact) mass is 451 g/mol. The minimum atomic E-state index is -0.941. The Morgan fingerprint density at radius 1 is 1.18 bits per heavy atom. The summed E-state index contributed by atoms with van der Waals surface area (Å²) in [4.78, 5) is 45.2. The first kappa shape index (κ1) is 23.6. The van der Waals surface area contributed by atoms with E-state index in [0.717, 1.165) is 0 Å². The van der Waals surface area contributed by atoms with Crippen LogP contribution in [0.25, 0.3) is 0 Å². The van der Waals surface area contributed by atoms with Crippen LogP contribution in [0.4, 0.5) is 16.3 Å².